The van der Waals surface area contributed by atoms with E-state index in [1.54, 1.807) is 0 Å². The molecular formula is C8H8N10. The maximum Gasteiger partial charge on any atom is 0.270 e. The maximum absolute atomic E-state index is 4.28. The number of imidazole rings is 1. The maximum atomic E-state index is 4.28. The lowest BCUT2D eigenvalue weighted by molar-refractivity contribution is 0.775. The summed E-state index contributed by atoms with van der Waals surface area (Å²) in [4.78, 5) is 15.8. The lowest BCUT2D eigenvalue weighted by Gasteiger charge is -1.88. The summed E-state index contributed by atoms with van der Waals surface area (Å²) in [5, 5.41) is 17.5. The number of hydrogen-bond acceptors (Lipinski definition) is 6. The Morgan fingerprint density at radius 2 is 2.11 bits per heavy atom. The van der Waals surface area contributed by atoms with Crippen LogP contribution in [0.15, 0.2) is 0 Å². The number of H-pyrrole nitrogens is 3. The summed E-state index contributed by atoms with van der Waals surface area (Å²) < 4.78 is 1.54. The first-order valence-electron chi connectivity index (χ1n) is 5.31. The number of hydrogen-bond donors (Lipinski definition) is 3. The smallest absolute Gasteiger partial charge is 0.270 e. The fourth-order valence-corrected chi connectivity index (χ4v) is 1.81. The molecule has 0 bridgehead atoms. The van der Waals surface area contributed by atoms with Gasteiger partial charge in [-0.05, 0) is 6.92 Å². The van der Waals surface area contributed by atoms with Gasteiger partial charge in [0.2, 0.25) is 5.65 Å². The zero-order chi connectivity index (χ0) is 12.1. The van der Waals surface area contributed by atoms with E-state index in [4.69, 9.17) is 0 Å². The van der Waals surface area contributed by atoms with Crippen molar-refractivity contribution >= 4 is 17.1 Å². The Balaban J connectivity index is 1.70. The molecule has 0 aliphatic rings. The van der Waals surface area contributed by atoms with Gasteiger partial charge in [-0.25, -0.2) is 4.98 Å². The van der Waals surface area contributed by atoms with Crippen LogP contribution in [0.25, 0.3) is 17.1 Å². The predicted octanol–water partition coefficient (Wildman–Crippen LogP) is -0.654. The van der Waals surface area contributed by atoms with E-state index in [1.807, 2.05) is 6.92 Å². The summed E-state index contributed by atoms with van der Waals surface area (Å²) in [5.74, 6) is 2.68. The third-order valence-electron chi connectivity index (χ3n) is 2.53. The standard InChI is InChI=1S/C8H8N10/c1-3-9-8-12-5(16-18(8)15-3)2-4-10-6-7(11-4)14-17-13-6/h2H2,1H3,(H,9,12,15,16)(H2,10,11,13,14,17). The highest BCUT2D eigenvalue weighted by atomic mass is 15.5. The molecule has 0 saturated carbocycles. The number of aryl methyl sites for hydroxylation is 1. The van der Waals surface area contributed by atoms with Crippen LogP contribution in [0.3, 0.4) is 0 Å². The number of nitrogens with zero attached hydrogens (tertiary/aromatic N) is 7. The van der Waals surface area contributed by atoms with Crippen LogP contribution in [0.5, 0.6) is 0 Å². The lowest BCUT2D eigenvalue weighted by Crippen LogP contribution is -1.96. The van der Waals surface area contributed by atoms with E-state index in [1.165, 1.54) is 4.63 Å². The molecule has 0 fully saturated rings. The average Bonchev–Trinajstić information content (AvgIpc) is 2.96. The van der Waals surface area contributed by atoms with Gasteiger partial charge in [-0.15, -0.1) is 19.9 Å². The molecule has 0 saturated heterocycles. The molecule has 4 heterocycles. The average molecular weight is 244 g/mol. The Morgan fingerprint density at radius 3 is 2.94 bits per heavy atom. The Bertz CT molecular complexity index is 768. The first-order chi connectivity index (χ1) is 8.78. The minimum absolute atomic E-state index is 0.480. The van der Waals surface area contributed by atoms with E-state index in [9.17, 15) is 0 Å². The molecule has 10 nitrogen and oxygen atoms in total. The first kappa shape index (κ1) is 9.27. The second-order valence-corrected chi connectivity index (χ2v) is 3.90. The number of aromatic nitrogens is 10. The van der Waals surface area contributed by atoms with Gasteiger partial charge >= 0.3 is 0 Å². The van der Waals surface area contributed by atoms with Gasteiger partial charge in [-0.2, -0.15) is 15.2 Å². The molecule has 0 aliphatic heterocycles. The van der Waals surface area contributed by atoms with Gasteiger partial charge in [0.25, 0.3) is 5.78 Å². The highest BCUT2D eigenvalue weighted by Gasteiger charge is 2.11. The molecule has 0 aliphatic carbocycles. The molecule has 0 atom stereocenters. The molecule has 18 heavy (non-hydrogen) atoms. The van der Waals surface area contributed by atoms with Crippen molar-refractivity contribution in [3.05, 3.63) is 17.5 Å². The van der Waals surface area contributed by atoms with Crippen molar-refractivity contribution in [1.29, 1.82) is 0 Å². The molecule has 3 N–H and O–H groups in total. The third-order valence-corrected chi connectivity index (χ3v) is 2.53. The molecule has 0 aromatic carbocycles. The van der Waals surface area contributed by atoms with E-state index < -0.39 is 0 Å². The molecule has 4 aromatic rings. The zero-order valence-electron chi connectivity index (χ0n) is 9.34. The van der Waals surface area contributed by atoms with Crippen LogP contribution in [0.1, 0.15) is 17.5 Å². The summed E-state index contributed by atoms with van der Waals surface area (Å²) in [7, 11) is 0. The minimum atomic E-state index is 0.480. The van der Waals surface area contributed by atoms with Crippen LogP contribution in [0.2, 0.25) is 0 Å². The lowest BCUT2D eigenvalue weighted by atomic mass is 10.4. The van der Waals surface area contributed by atoms with Crippen LogP contribution in [0, 0.1) is 6.92 Å². The van der Waals surface area contributed by atoms with Crippen LogP contribution < -0.4 is 0 Å². The van der Waals surface area contributed by atoms with Gasteiger partial charge in [0.1, 0.15) is 11.6 Å². The molecule has 4 aromatic heterocycles. The summed E-state index contributed by atoms with van der Waals surface area (Å²) in [6.45, 7) is 1.85. The monoisotopic (exact) mass is 244 g/mol. The van der Waals surface area contributed by atoms with Gasteiger partial charge in [-0.1, -0.05) is 0 Å². The summed E-state index contributed by atoms with van der Waals surface area (Å²) in [6, 6.07) is 0. The summed E-state index contributed by atoms with van der Waals surface area (Å²) in [6.07, 6.45) is 0.480. The molecule has 0 unspecified atom stereocenters. The predicted molar refractivity (Wildman–Crippen MR) is 58.7 cm³/mol. The SMILES string of the molecule is Cc1nc2nc(Cc3nc4n[nH]nc4[nH]3)nn2[nH]1. The van der Waals surface area contributed by atoms with Crippen LogP contribution >= 0.6 is 0 Å². The molecule has 0 spiro atoms. The van der Waals surface area contributed by atoms with E-state index >= 15 is 0 Å². The van der Waals surface area contributed by atoms with Crippen molar-refractivity contribution in [2.45, 2.75) is 13.3 Å². The van der Waals surface area contributed by atoms with E-state index in [2.05, 4.69) is 45.5 Å². The zero-order valence-corrected chi connectivity index (χ0v) is 9.34. The Kier molecular flexibility index (Phi) is 1.61. The largest absolute Gasteiger partial charge is 0.323 e. The van der Waals surface area contributed by atoms with E-state index in [-0.39, 0.29) is 0 Å². The topological polar surface area (TPSA) is 129 Å². The van der Waals surface area contributed by atoms with E-state index in [0.29, 0.717) is 29.3 Å². The number of fused-ring (bicyclic) bond motifs is 2. The highest BCUT2D eigenvalue weighted by Crippen LogP contribution is 2.08. The fourth-order valence-electron chi connectivity index (χ4n) is 1.81. The normalized spacial score (nSPS) is 11.8. The number of aromatic amines is 3. The van der Waals surface area contributed by atoms with Crippen molar-refractivity contribution in [3.63, 3.8) is 0 Å². The van der Waals surface area contributed by atoms with Crippen LogP contribution in [-0.4, -0.2) is 50.2 Å². The van der Waals surface area contributed by atoms with Crippen molar-refractivity contribution in [2.75, 3.05) is 0 Å². The van der Waals surface area contributed by atoms with Crippen molar-refractivity contribution in [1.82, 2.24) is 50.2 Å². The van der Waals surface area contributed by atoms with E-state index in [0.717, 1.165) is 11.6 Å². The number of rotatable bonds is 2. The summed E-state index contributed by atoms with van der Waals surface area (Å²) >= 11 is 0. The van der Waals surface area contributed by atoms with Crippen LogP contribution in [-0.2, 0) is 6.42 Å². The molecular weight excluding hydrogens is 236 g/mol. The molecule has 4 rings (SSSR count). The molecule has 10 heteroatoms. The fraction of sp³-hybridized carbons (Fsp3) is 0.250. The highest BCUT2D eigenvalue weighted by molar-refractivity contribution is 5.64. The van der Waals surface area contributed by atoms with Gasteiger partial charge in [0.15, 0.2) is 11.5 Å². The number of nitrogens with one attached hydrogen (secondary N) is 3. The second kappa shape index (κ2) is 3.12. The van der Waals surface area contributed by atoms with Crippen molar-refractivity contribution in [3.8, 4) is 0 Å². The Labute approximate surface area is 98.8 Å². The minimum Gasteiger partial charge on any atom is -0.323 e. The molecule has 0 amide bonds. The van der Waals surface area contributed by atoms with Gasteiger partial charge in [-0.3, -0.25) is 5.10 Å². The van der Waals surface area contributed by atoms with Crippen molar-refractivity contribution in [2.24, 2.45) is 0 Å². The third kappa shape index (κ3) is 1.28. The molecule has 0 radical (unpaired) electrons. The quantitative estimate of drug-likeness (QED) is 0.429. The summed E-state index contributed by atoms with van der Waals surface area (Å²) in [5.41, 5.74) is 1.19. The molecule has 90 valence electrons. The second-order valence-electron chi connectivity index (χ2n) is 3.90. The van der Waals surface area contributed by atoms with Crippen LogP contribution in [0.4, 0.5) is 0 Å². The Hall–Kier alpha value is -2.78. The van der Waals surface area contributed by atoms with Gasteiger partial charge < -0.3 is 4.98 Å². The van der Waals surface area contributed by atoms with Crippen molar-refractivity contribution < 1.29 is 0 Å². The van der Waals surface area contributed by atoms with Gasteiger partial charge in [0, 0.05) is 0 Å². The Morgan fingerprint density at radius 1 is 1.17 bits per heavy atom. The first-order valence-corrected chi connectivity index (χ1v) is 5.31. The van der Waals surface area contributed by atoms with Gasteiger partial charge in [0.05, 0.1) is 6.42 Å².